The monoisotopic (exact) mass is 283 g/mol. The first-order valence-corrected chi connectivity index (χ1v) is 6.46. The lowest BCUT2D eigenvalue weighted by molar-refractivity contribution is 0.152. The Hall–Kier alpha value is -1.53. The van der Waals surface area contributed by atoms with Gasteiger partial charge in [-0.25, -0.2) is 8.78 Å². The summed E-state index contributed by atoms with van der Waals surface area (Å²) in [6.45, 7) is 6.32. The number of nitrogens with zero attached hydrogens (tertiary/aromatic N) is 1. The predicted molar refractivity (Wildman–Crippen MR) is 73.8 cm³/mol. The van der Waals surface area contributed by atoms with Crippen LogP contribution in [0.3, 0.4) is 0 Å². The molecule has 0 fully saturated rings. The van der Waals surface area contributed by atoms with E-state index in [4.69, 9.17) is 0 Å². The Bertz CT molecular complexity index is 590. The topological polar surface area (TPSA) is 60.9 Å². The van der Waals surface area contributed by atoms with Gasteiger partial charge in [-0.15, -0.1) is 0 Å². The lowest BCUT2D eigenvalue weighted by Gasteiger charge is -2.23. The van der Waals surface area contributed by atoms with Crippen LogP contribution in [0.1, 0.15) is 44.4 Å². The number of nitrogens with one attached hydrogen (secondary N) is 2. The van der Waals surface area contributed by atoms with Crippen molar-refractivity contribution in [3.8, 4) is 0 Å². The Balaban J connectivity index is 2.31. The van der Waals surface area contributed by atoms with Gasteiger partial charge in [0.05, 0.1) is 17.8 Å². The number of aliphatic hydroxyl groups excluding tert-OH is 1. The summed E-state index contributed by atoms with van der Waals surface area (Å²) < 4.78 is 25.8. The van der Waals surface area contributed by atoms with Gasteiger partial charge in [0.1, 0.15) is 0 Å². The second-order valence-electron chi connectivity index (χ2n) is 5.85. The van der Waals surface area contributed by atoms with Gasteiger partial charge in [0.15, 0.2) is 0 Å². The van der Waals surface area contributed by atoms with Crippen LogP contribution in [-0.2, 0) is 0 Å². The minimum atomic E-state index is -2.57. The maximum absolute atomic E-state index is 12.9. The maximum Gasteiger partial charge on any atom is 0.265 e. The Morgan fingerprint density at radius 2 is 1.95 bits per heavy atom. The highest BCUT2D eigenvalue weighted by Gasteiger charge is 2.20. The van der Waals surface area contributed by atoms with Gasteiger partial charge >= 0.3 is 0 Å². The van der Waals surface area contributed by atoms with Crippen LogP contribution >= 0.6 is 0 Å². The van der Waals surface area contributed by atoms with Gasteiger partial charge in [-0.3, -0.25) is 5.10 Å². The summed E-state index contributed by atoms with van der Waals surface area (Å²) in [5.74, 6) is 0. The molecular weight excluding hydrogens is 264 g/mol. The fraction of sp³-hybridized carbons (Fsp3) is 0.500. The molecule has 2 rings (SSSR count). The molecule has 0 bridgehead atoms. The lowest BCUT2D eigenvalue weighted by atomic mass is 10.0. The number of aromatic nitrogens is 2. The van der Waals surface area contributed by atoms with E-state index in [0.717, 1.165) is 0 Å². The van der Waals surface area contributed by atoms with Gasteiger partial charge in [0, 0.05) is 23.0 Å². The minimum Gasteiger partial charge on any atom is -0.387 e. The van der Waals surface area contributed by atoms with Crippen molar-refractivity contribution in [3.63, 3.8) is 0 Å². The van der Waals surface area contributed by atoms with Crippen molar-refractivity contribution in [1.82, 2.24) is 15.5 Å². The number of fused-ring (bicyclic) bond motifs is 1. The number of hydrogen-bond donors (Lipinski definition) is 3. The number of alkyl halides is 2. The van der Waals surface area contributed by atoms with Crippen molar-refractivity contribution in [1.29, 1.82) is 0 Å². The lowest BCUT2D eigenvalue weighted by Crippen LogP contribution is -2.38. The van der Waals surface area contributed by atoms with Crippen LogP contribution in [0, 0.1) is 0 Å². The molecule has 110 valence electrons. The van der Waals surface area contributed by atoms with Gasteiger partial charge in [0.25, 0.3) is 6.43 Å². The molecule has 6 heteroatoms. The first-order valence-electron chi connectivity index (χ1n) is 6.46. The van der Waals surface area contributed by atoms with Crippen LogP contribution in [0.15, 0.2) is 18.3 Å². The Morgan fingerprint density at radius 3 is 2.55 bits per heavy atom. The standard InChI is InChI=1S/C14H19F2N3O/c1-14(2,3)17-7-11(20)8-4-5-9(13(15)16)12-10(8)6-18-19-12/h4-6,11,13,17,20H,7H2,1-3H3,(H,18,19)/t11-/m0/s1. The molecule has 4 nitrogen and oxygen atoms in total. The number of H-pyrrole nitrogens is 1. The second-order valence-corrected chi connectivity index (χ2v) is 5.85. The van der Waals surface area contributed by atoms with E-state index in [9.17, 15) is 13.9 Å². The van der Waals surface area contributed by atoms with E-state index in [1.54, 1.807) is 0 Å². The summed E-state index contributed by atoms with van der Waals surface area (Å²) >= 11 is 0. The SMILES string of the molecule is CC(C)(C)NC[C@H](O)c1ccc(C(F)F)c2[nH]ncc12. The molecule has 0 spiro atoms. The van der Waals surface area contributed by atoms with E-state index in [2.05, 4.69) is 15.5 Å². The zero-order valence-electron chi connectivity index (χ0n) is 11.7. The van der Waals surface area contributed by atoms with E-state index in [0.29, 0.717) is 17.5 Å². The van der Waals surface area contributed by atoms with Crippen LogP contribution in [0.25, 0.3) is 10.9 Å². The second kappa shape index (κ2) is 5.46. The zero-order chi connectivity index (χ0) is 14.9. The van der Waals surface area contributed by atoms with Gasteiger partial charge in [0.2, 0.25) is 0 Å². The summed E-state index contributed by atoms with van der Waals surface area (Å²) in [7, 11) is 0. The molecule has 1 heterocycles. The Labute approximate surface area is 116 Å². The molecule has 2 aromatic rings. The van der Waals surface area contributed by atoms with E-state index in [1.807, 2.05) is 20.8 Å². The van der Waals surface area contributed by atoms with Crippen molar-refractivity contribution < 1.29 is 13.9 Å². The van der Waals surface area contributed by atoms with E-state index >= 15 is 0 Å². The molecule has 0 radical (unpaired) electrons. The average molecular weight is 283 g/mol. The summed E-state index contributed by atoms with van der Waals surface area (Å²) in [6.07, 6.45) is -1.88. The number of benzene rings is 1. The first kappa shape index (κ1) is 14.9. The molecular formula is C14H19F2N3O. The quantitative estimate of drug-likeness (QED) is 0.808. The summed E-state index contributed by atoms with van der Waals surface area (Å²) in [4.78, 5) is 0. The number of β-amino-alcohol motifs (C(OH)–C–C–N with tert-alkyl or cyclic N) is 1. The van der Waals surface area contributed by atoms with Crippen molar-refractivity contribution in [2.75, 3.05) is 6.54 Å². The summed E-state index contributed by atoms with van der Waals surface area (Å²) in [5.41, 5.74) is 0.652. The highest BCUT2D eigenvalue weighted by Crippen LogP contribution is 2.31. The number of aliphatic hydroxyl groups is 1. The van der Waals surface area contributed by atoms with Crippen molar-refractivity contribution >= 4 is 10.9 Å². The number of rotatable bonds is 4. The zero-order valence-corrected chi connectivity index (χ0v) is 11.7. The molecule has 3 N–H and O–H groups in total. The van der Waals surface area contributed by atoms with Crippen LogP contribution in [0.2, 0.25) is 0 Å². The van der Waals surface area contributed by atoms with Gasteiger partial charge in [-0.05, 0) is 26.3 Å². The summed E-state index contributed by atoms with van der Waals surface area (Å²) in [5, 5.41) is 20.3. The van der Waals surface area contributed by atoms with Crippen LogP contribution < -0.4 is 5.32 Å². The Morgan fingerprint density at radius 1 is 1.30 bits per heavy atom. The molecule has 20 heavy (non-hydrogen) atoms. The van der Waals surface area contributed by atoms with Crippen LogP contribution in [-0.4, -0.2) is 27.4 Å². The highest BCUT2D eigenvalue weighted by atomic mass is 19.3. The van der Waals surface area contributed by atoms with Crippen molar-refractivity contribution in [2.45, 2.75) is 38.8 Å². The van der Waals surface area contributed by atoms with E-state index in [-0.39, 0.29) is 16.6 Å². The highest BCUT2D eigenvalue weighted by molar-refractivity contribution is 5.85. The molecule has 1 atom stereocenters. The molecule has 0 saturated heterocycles. The Kier molecular flexibility index (Phi) is 4.06. The van der Waals surface area contributed by atoms with Crippen molar-refractivity contribution in [3.05, 3.63) is 29.5 Å². The fourth-order valence-electron chi connectivity index (χ4n) is 2.06. The van der Waals surface area contributed by atoms with Crippen LogP contribution in [0.5, 0.6) is 0 Å². The normalized spacial score (nSPS) is 14.2. The van der Waals surface area contributed by atoms with Gasteiger partial charge in [-0.2, -0.15) is 5.10 Å². The third-order valence-electron chi connectivity index (χ3n) is 3.10. The average Bonchev–Trinajstić information content (AvgIpc) is 2.82. The molecule has 1 aromatic heterocycles. The summed E-state index contributed by atoms with van der Waals surface area (Å²) in [6, 6.07) is 2.87. The molecule has 0 unspecified atom stereocenters. The molecule has 0 amide bonds. The maximum atomic E-state index is 12.9. The number of hydrogen-bond acceptors (Lipinski definition) is 3. The largest absolute Gasteiger partial charge is 0.387 e. The minimum absolute atomic E-state index is 0.0998. The third-order valence-corrected chi connectivity index (χ3v) is 3.10. The van der Waals surface area contributed by atoms with Crippen molar-refractivity contribution in [2.24, 2.45) is 0 Å². The molecule has 0 aliphatic rings. The third kappa shape index (κ3) is 3.13. The molecule has 0 saturated carbocycles. The van der Waals surface area contributed by atoms with Gasteiger partial charge in [-0.1, -0.05) is 12.1 Å². The first-order chi connectivity index (χ1) is 9.29. The molecule has 1 aromatic carbocycles. The number of halogens is 2. The van der Waals surface area contributed by atoms with Crippen LogP contribution in [0.4, 0.5) is 8.78 Å². The molecule has 0 aliphatic heterocycles. The number of aromatic amines is 1. The predicted octanol–water partition coefficient (Wildman–Crippen LogP) is 2.92. The smallest absolute Gasteiger partial charge is 0.265 e. The fourth-order valence-corrected chi connectivity index (χ4v) is 2.06. The van der Waals surface area contributed by atoms with E-state index < -0.39 is 12.5 Å². The molecule has 0 aliphatic carbocycles. The van der Waals surface area contributed by atoms with E-state index in [1.165, 1.54) is 18.3 Å². The van der Waals surface area contributed by atoms with Gasteiger partial charge < -0.3 is 10.4 Å².